The highest BCUT2D eigenvalue weighted by Gasteiger charge is 2.28. The number of rotatable bonds is 4. The van der Waals surface area contributed by atoms with Gasteiger partial charge in [-0.05, 0) is 37.1 Å². The molecule has 2 rings (SSSR count). The van der Waals surface area contributed by atoms with Crippen molar-refractivity contribution in [2.75, 3.05) is 6.54 Å². The number of amides is 1. The minimum atomic E-state index is -0.163. The Hall–Kier alpha value is -2.24. The number of phenols is 1. The summed E-state index contributed by atoms with van der Waals surface area (Å²) in [5, 5.41) is 20.9. The highest BCUT2D eigenvalue weighted by Crippen LogP contribution is 2.25. The van der Waals surface area contributed by atoms with Gasteiger partial charge in [0.05, 0.1) is 6.54 Å². The molecule has 20 heavy (non-hydrogen) atoms. The van der Waals surface area contributed by atoms with Crippen LogP contribution >= 0.6 is 0 Å². The molecule has 1 aromatic carbocycles. The van der Waals surface area contributed by atoms with Crippen molar-refractivity contribution in [3.63, 3.8) is 0 Å². The minimum absolute atomic E-state index is 0.0176. The normalized spacial score (nSPS) is 16.3. The van der Waals surface area contributed by atoms with Crippen molar-refractivity contribution < 1.29 is 15.1 Å². The summed E-state index contributed by atoms with van der Waals surface area (Å²) in [5.41, 5.74) is 6.03. The van der Waals surface area contributed by atoms with Gasteiger partial charge in [-0.25, -0.2) is 0 Å². The summed E-state index contributed by atoms with van der Waals surface area (Å²) in [6.45, 7) is 0.112. The van der Waals surface area contributed by atoms with Gasteiger partial charge in [0.1, 0.15) is 5.75 Å². The van der Waals surface area contributed by atoms with Crippen LogP contribution < -0.4 is 5.73 Å². The zero-order chi connectivity index (χ0) is 14.5. The van der Waals surface area contributed by atoms with Crippen LogP contribution in [-0.4, -0.2) is 39.5 Å². The number of benzene rings is 1. The van der Waals surface area contributed by atoms with Gasteiger partial charge in [-0.3, -0.25) is 4.79 Å². The molecular weight excluding hydrogens is 258 g/mol. The van der Waals surface area contributed by atoms with Crippen LogP contribution in [0, 0.1) is 0 Å². The number of aromatic hydroxyl groups is 1. The summed E-state index contributed by atoms with van der Waals surface area (Å²) in [6.07, 6.45) is 4.03. The SMILES string of the molecule is NC(CN(C(=O)c1ccc(O)cc1)C1CCCC1)=NO. The molecule has 0 saturated heterocycles. The number of nitrogens with two attached hydrogens (primary N) is 1. The lowest BCUT2D eigenvalue weighted by atomic mass is 10.1. The van der Waals surface area contributed by atoms with Crippen molar-refractivity contribution in [2.45, 2.75) is 31.7 Å². The van der Waals surface area contributed by atoms with Crippen LogP contribution in [0.25, 0.3) is 0 Å². The molecule has 0 heterocycles. The Morgan fingerprint density at radius 1 is 1.30 bits per heavy atom. The second-order valence-corrected chi connectivity index (χ2v) is 5.01. The molecule has 0 radical (unpaired) electrons. The van der Waals surface area contributed by atoms with Gasteiger partial charge < -0.3 is 20.9 Å². The quantitative estimate of drug-likeness (QED) is 0.336. The molecule has 0 aromatic heterocycles. The van der Waals surface area contributed by atoms with E-state index in [1.807, 2.05) is 0 Å². The Balaban J connectivity index is 2.20. The second-order valence-electron chi connectivity index (χ2n) is 5.01. The van der Waals surface area contributed by atoms with Crippen LogP contribution in [-0.2, 0) is 0 Å². The number of nitrogens with zero attached hydrogens (tertiary/aromatic N) is 2. The molecule has 0 atom stereocenters. The Labute approximate surface area is 117 Å². The van der Waals surface area contributed by atoms with Crippen molar-refractivity contribution >= 4 is 11.7 Å². The van der Waals surface area contributed by atoms with E-state index in [0.29, 0.717) is 5.56 Å². The first-order valence-corrected chi connectivity index (χ1v) is 6.68. The van der Waals surface area contributed by atoms with Gasteiger partial charge in [0.15, 0.2) is 5.84 Å². The molecule has 1 amide bonds. The predicted octanol–water partition coefficient (Wildman–Crippen LogP) is 1.52. The van der Waals surface area contributed by atoms with Gasteiger partial charge in [0.25, 0.3) is 5.91 Å². The summed E-state index contributed by atoms with van der Waals surface area (Å²) >= 11 is 0. The van der Waals surface area contributed by atoms with Crippen molar-refractivity contribution in [1.82, 2.24) is 4.90 Å². The fourth-order valence-corrected chi connectivity index (χ4v) is 2.56. The Morgan fingerprint density at radius 3 is 2.45 bits per heavy atom. The lowest BCUT2D eigenvalue weighted by Crippen LogP contribution is -2.44. The molecule has 6 nitrogen and oxygen atoms in total. The molecule has 4 N–H and O–H groups in total. The molecule has 108 valence electrons. The van der Waals surface area contributed by atoms with Crippen LogP contribution in [0.1, 0.15) is 36.0 Å². The first kappa shape index (κ1) is 14.2. The largest absolute Gasteiger partial charge is 0.508 e. The van der Waals surface area contributed by atoms with E-state index in [2.05, 4.69) is 5.16 Å². The molecular formula is C14H19N3O3. The lowest BCUT2D eigenvalue weighted by Gasteiger charge is -2.28. The van der Waals surface area contributed by atoms with Gasteiger partial charge in [-0.15, -0.1) is 0 Å². The van der Waals surface area contributed by atoms with Crippen molar-refractivity contribution in [2.24, 2.45) is 10.9 Å². The Kier molecular flexibility index (Phi) is 4.45. The number of amidine groups is 1. The number of hydrogen-bond donors (Lipinski definition) is 3. The number of carbonyl (C=O) groups excluding carboxylic acids is 1. The molecule has 0 spiro atoms. The third kappa shape index (κ3) is 3.20. The van der Waals surface area contributed by atoms with E-state index < -0.39 is 0 Å². The van der Waals surface area contributed by atoms with Gasteiger partial charge in [0, 0.05) is 11.6 Å². The van der Waals surface area contributed by atoms with Gasteiger partial charge in [-0.2, -0.15) is 0 Å². The molecule has 1 fully saturated rings. The average Bonchev–Trinajstić information content (AvgIpc) is 2.98. The number of hydrogen-bond acceptors (Lipinski definition) is 4. The van der Waals surface area contributed by atoms with E-state index in [0.717, 1.165) is 25.7 Å². The summed E-state index contributed by atoms with van der Waals surface area (Å²) in [6, 6.07) is 6.22. The lowest BCUT2D eigenvalue weighted by molar-refractivity contribution is 0.0712. The standard InChI is InChI=1S/C14H19N3O3/c15-13(16-20)9-17(11-3-1-2-4-11)14(19)10-5-7-12(18)8-6-10/h5-8,11,18,20H,1-4,9H2,(H2,15,16). The summed E-state index contributed by atoms with van der Waals surface area (Å²) in [7, 11) is 0. The molecule has 1 aliphatic rings. The Morgan fingerprint density at radius 2 is 1.90 bits per heavy atom. The highest BCUT2D eigenvalue weighted by molar-refractivity contribution is 5.97. The molecule has 1 aromatic rings. The van der Waals surface area contributed by atoms with E-state index in [-0.39, 0.29) is 30.1 Å². The molecule has 1 saturated carbocycles. The first-order chi connectivity index (χ1) is 9.61. The third-order valence-corrected chi connectivity index (χ3v) is 3.60. The van der Waals surface area contributed by atoms with Crippen LogP contribution in [0.3, 0.4) is 0 Å². The molecule has 1 aliphatic carbocycles. The maximum atomic E-state index is 12.5. The number of oxime groups is 1. The predicted molar refractivity (Wildman–Crippen MR) is 74.8 cm³/mol. The topological polar surface area (TPSA) is 99.2 Å². The van der Waals surface area contributed by atoms with E-state index in [9.17, 15) is 9.90 Å². The van der Waals surface area contributed by atoms with Crippen molar-refractivity contribution in [3.8, 4) is 5.75 Å². The van der Waals surface area contributed by atoms with Crippen LogP contribution in [0.2, 0.25) is 0 Å². The van der Waals surface area contributed by atoms with Crippen LogP contribution in [0.15, 0.2) is 29.4 Å². The van der Waals surface area contributed by atoms with Gasteiger partial charge >= 0.3 is 0 Å². The van der Waals surface area contributed by atoms with Crippen LogP contribution in [0.4, 0.5) is 0 Å². The van der Waals surface area contributed by atoms with Crippen LogP contribution in [0.5, 0.6) is 5.75 Å². The smallest absolute Gasteiger partial charge is 0.254 e. The van der Waals surface area contributed by atoms with Crippen molar-refractivity contribution in [1.29, 1.82) is 0 Å². The summed E-state index contributed by atoms with van der Waals surface area (Å²) < 4.78 is 0. The maximum absolute atomic E-state index is 12.5. The van der Waals surface area contributed by atoms with Gasteiger partial charge in [-0.1, -0.05) is 18.0 Å². The fourth-order valence-electron chi connectivity index (χ4n) is 2.56. The van der Waals surface area contributed by atoms with Gasteiger partial charge in [0.2, 0.25) is 0 Å². The molecule has 0 bridgehead atoms. The van der Waals surface area contributed by atoms with E-state index in [1.54, 1.807) is 17.0 Å². The monoisotopic (exact) mass is 277 g/mol. The zero-order valence-electron chi connectivity index (χ0n) is 11.2. The Bertz CT molecular complexity index is 493. The summed E-state index contributed by atoms with van der Waals surface area (Å²) in [4.78, 5) is 14.2. The van der Waals surface area contributed by atoms with E-state index in [1.165, 1.54) is 12.1 Å². The third-order valence-electron chi connectivity index (χ3n) is 3.60. The maximum Gasteiger partial charge on any atom is 0.254 e. The zero-order valence-corrected chi connectivity index (χ0v) is 11.2. The van der Waals surface area contributed by atoms with E-state index >= 15 is 0 Å². The molecule has 0 aliphatic heterocycles. The van der Waals surface area contributed by atoms with E-state index in [4.69, 9.17) is 10.9 Å². The number of carbonyl (C=O) groups is 1. The van der Waals surface area contributed by atoms with Crippen molar-refractivity contribution in [3.05, 3.63) is 29.8 Å². The second kappa shape index (κ2) is 6.27. The highest BCUT2D eigenvalue weighted by atomic mass is 16.4. The molecule has 0 unspecified atom stereocenters. The fraction of sp³-hybridized carbons (Fsp3) is 0.429. The average molecular weight is 277 g/mol. The molecule has 6 heteroatoms. The minimum Gasteiger partial charge on any atom is -0.508 e. The first-order valence-electron chi connectivity index (χ1n) is 6.68. The number of phenolic OH excluding ortho intramolecular Hbond substituents is 1. The summed E-state index contributed by atoms with van der Waals surface area (Å²) in [5.74, 6) is -0.0297.